The Balaban J connectivity index is 2.51. The summed E-state index contributed by atoms with van der Waals surface area (Å²) in [6, 6.07) is 9.13. The predicted molar refractivity (Wildman–Crippen MR) is 92.1 cm³/mol. The highest BCUT2D eigenvalue weighted by Gasteiger charge is 2.11. The number of nitrogens with one attached hydrogen (secondary N) is 1. The van der Waals surface area contributed by atoms with Gasteiger partial charge >= 0.3 is 0 Å². The normalized spacial score (nSPS) is 12.9. The summed E-state index contributed by atoms with van der Waals surface area (Å²) in [5.41, 5.74) is 1.40. The minimum atomic E-state index is 0.572. The molecule has 0 fully saturated rings. The second kappa shape index (κ2) is 9.84. The van der Waals surface area contributed by atoms with Gasteiger partial charge in [0.1, 0.15) is 0 Å². The average Bonchev–Trinajstić information content (AvgIpc) is 2.37. The van der Waals surface area contributed by atoms with Crippen LogP contribution in [0.5, 0.6) is 0 Å². The van der Waals surface area contributed by atoms with E-state index >= 15 is 0 Å². The minimum Gasteiger partial charge on any atom is -0.313 e. The molecule has 1 nitrogen and oxygen atoms in total. The van der Waals surface area contributed by atoms with Crippen LogP contribution in [-0.4, -0.2) is 24.1 Å². The van der Waals surface area contributed by atoms with Crippen LogP contribution in [0.25, 0.3) is 0 Å². The van der Waals surface area contributed by atoms with Gasteiger partial charge in [0.2, 0.25) is 0 Å². The van der Waals surface area contributed by atoms with Crippen LogP contribution in [0, 0.1) is 5.92 Å². The first-order valence-corrected chi connectivity index (χ1v) is 9.12. The van der Waals surface area contributed by atoms with Crippen LogP contribution in [-0.2, 0) is 6.42 Å². The summed E-state index contributed by atoms with van der Waals surface area (Å²) in [6.07, 6.45) is 2.30. The van der Waals surface area contributed by atoms with E-state index in [1.807, 2.05) is 0 Å². The van der Waals surface area contributed by atoms with E-state index in [1.165, 1.54) is 28.0 Å². The van der Waals surface area contributed by atoms with Crippen molar-refractivity contribution in [3.63, 3.8) is 0 Å². The fourth-order valence-electron chi connectivity index (χ4n) is 1.91. The van der Waals surface area contributed by atoms with Crippen molar-refractivity contribution in [2.75, 3.05) is 18.1 Å². The Morgan fingerprint density at radius 3 is 2.58 bits per heavy atom. The van der Waals surface area contributed by atoms with Crippen molar-refractivity contribution in [3.05, 3.63) is 34.3 Å². The van der Waals surface area contributed by atoms with E-state index in [9.17, 15) is 0 Å². The molecular weight excluding hydrogens is 318 g/mol. The second-order valence-corrected chi connectivity index (χ2v) is 7.31. The summed E-state index contributed by atoms with van der Waals surface area (Å²) in [6.45, 7) is 7.91. The van der Waals surface area contributed by atoms with Crippen molar-refractivity contribution in [2.45, 2.75) is 39.7 Å². The standard InChI is InChI=1S/C16H26BrNS/c1-4-9-18-15(12-19-11-13(2)3)10-14-7-5-6-8-16(14)17/h5-8,13,15,18H,4,9-12H2,1-3H3. The Morgan fingerprint density at radius 2 is 1.95 bits per heavy atom. The van der Waals surface area contributed by atoms with Gasteiger partial charge in [-0.2, -0.15) is 11.8 Å². The lowest BCUT2D eigenvalue weighted by molar-refractivity contribution is 0.549. The van der Waals surface area contributed by atoms with E-state index < -0.39 is 0 Å². The van der Waals surface area contributed by atoms with Gasteiger partial charge in [-0.3, -0.25) is 0 Å². The van der Waals surface area contributed by atoms with E-state index in [2.05, 4.69) is 78.0 Å². The zero-order valence-corrected chi connectivity index (χ0v) is 14.7. The molecule has 1 atom stereocenters. The van der Waals surface area contributed by atoms with Crippen LogP contribution in [0.4, 0.5) is 0 Å². The Hall–Kier alpha value is 0.01000. The number of benzene rings is 1. The lowest BCUT2D eigenvalue weighted by atomic mass is 10.1. The molecular formula is C16H26BrNS. The lowest BCUT2D eigenvalue weighted by Crippen LogP contribution is -2.34. The molecule has 0 spiro atoms. The van der Waals surface area contributed by atoms with Crippen molar-refractivity contribution in [3.8, 4) is 0 Å². The molecule has 1 N–H and O–H groups in total. The lowest BCUT2D eigenvalue weighted by Gasteiger charge is -2.19. The Kier molecular flexibility index (Phi) is 8.84. The fourth-order valence-corrected chi connectivity index (χ4v) is 3.49. The van der Waals surface area contributed by atoms with Gasteiger partial charge in [-0.05, 0) is 42.7 Å². The molecule has 0 amide bonds. The van der Waals surface area contributed by atoms with Gasteiger partial charge in [0, 0.05) is 16.3 Å². The van der Waals surface area contributed by atoms with Gasteiger partial charge in [-0.25, -0.2) is 0 Å². The van der Waals surface area contributed by atoms with E-state index in [4.69, 9.17) is 0 Å². The SMILES string of the molecule is CCCNC(CSCC(C)C)Cc1ccccc1Br. The predicted octanol–water partition coefficient (Wildman–Crippen LogP) is 4.75. The van der Waals surface area contributed by atoms with Crippen molar-refractivity contribution < 1.29 is 0 Å². The monoisotopic (exact) mass is 343 g/mol. The van der Waals surface area contributed by atoms with Crippen molar-refractivity contribution in [2.24, 2.45) is 5.92 Å². The molecule has 0 saturated carbocycles. The van der Waals surface area contributed by atoms with Gasteiger partial charge < -0.3 is 5.32 Å². The Morgan fingerprint density at radius 1 is 1.21 bits per heavy atom. The van der Waals surface area contributed by atoms with Crippen LogP contribution in [0.15, 0.2) is 28.7 Å². The molecule has 0 aromatic heterocycles. The summed E-state index contributed by atoms with van der Waals surface area (Å²) in [7, 11) is 0. The first-order chi connectivity index (χ1) is 9.13. The van der Waals surface area contributed by atoms with Crippen LogP contribution in [0.3, 0.4) is 0 Å². The summed E-state index contributed by atoms with van der Waals surface area (Å²) in [5, 5.41) is 3.68. The number of rotatable bonds is 9. The Labute approximate surface area is 131 Å². The molecule has 0 aliphatic carbocycles. The van der Waals surface area contributed by atoms with Crippen molar-refractivity contribution >= 4 is 27.7 Å². The number of hydrogen-bond acceptors (Lipinski definition) is 2. The molecule has 0 bridgehead atoms. The first kappa shape index (κ1) is 17.1. The third-order valence-electron chi connectivity index (χ3n) is 2.88. The topological polar surface area (TPSA) is 12.0 Å². The van der Waals surface area contributed by atoms with Gasteiger partial charge in [-0.15, -0.1) is 0 Å². The molecule has 1 aromatic carbocycles. The molecule has 0 saturated heterocycles. The molecule has 0 radical (unpaired) electrons. The van der Waals surface area contributed by atoms with Gasteiger partial charge in [0.05, 0.1) is 0 Å². The molecule has 1 unspecified atom stereocenters. The number of thioether (sulfide) groups is 1. The minimum absolute atomic E-state index is 0.572. The van der Waals surface area contributed by atoms with E-state index in [0.29, 0.717) is 6.04 Å². The zero-order chi connectivity index (χ0) is 14.1. The smallest absolute Gasteiger partial charge is 0.0207 e. The van der Waals surface area contributed by atoms with Crippen LogP contribution < -0.4 is 5.32 Å². The molecule has 1 rings (SSSR count). The summed E-state index contributed by atoms with van der Waals surface area (Å²) >= 11 is 5.72. The maximum atomic E-state index is 3.68. The molecule has 0 aliphatic heterocycles. The quantitative estimate of drug-likeness (QED) is 0.694. The van der Waals surface area contributed by atoms with Crippen LogP contribution in [0.2, 0.25) is 0 Å². The molecule has 3 heteroatoms. The largest absolute Gasteiger partial charge is 0.313 e. The maximum absolute atomic E-state index is 3.68. The van der Waals surface area contributed by atoms with E-state index in [1.54, 1.807) is 0 Å². The number of halogens is 1. The maximum Gasteiger partial charge on any atom is 0.0207 e. The zero-order valence-electron chi connectivity index (χ0n) is 12.3. The third kappa shape index (κ3) is 7.38. The highest BCUT2D eigenvalue weighted by atomic mass is 79.9. The third-order valence-corrected chi connectivity index (χ3v) is 5.19. The number of hydrogen-bond donors (Lipinski definition) is 1. The van der Waals surface area contributed by atoms with Gasteiger partial charge in [0.15, 0.2) is 0 Å². The molecule has 0 aliphatic rings. The molecule has 1 aromatic rings. The summed E-state index contributed by atoms with van der Waals surface area (Å²) in [5.74, 6) is 3.22. The highest BCUT2D eigenvalue weighted by Crippen LogP contribution is 2.19. The van der Waals surface area contributed by atoms with Gasteiger partial charge in [0.25, 0.3) is 0 Å². The Bertz CT molecular complexity index is 354. The summed E-state index contributed by atoms with van der Waals surface area (Å²) < 4.78 is 1.23. The first-order valence-electron chi connectivity index (χ1n) is 7.18. The molecule has 0 heterocycles. The van der Waals surface area contributed by atoms with Crippen LogP contribution >= 0.6 is 27.7 Å². The fraction of sp³-hybridized carbons (Fsp3) is 0.625. The van der Waals surface area contributed by atoms with Gasteiger partial charge in [-0.1, -0.05) is 54.9 Å². The highest BCUT2D eigenvalue weighted by molar-refractivity contribution is 9.10. The van der Waals surface area contributed by atoms with E-state index in [-0.39, 0.29) is 0 Å². The van der Waals surface area contributed by atoms with Crippen molar-refractivity contribution in [1.82, 2.24) is 5.32 Å². The summed E-state index contributed by atoms with van der Waals surface area (Å²) in [4.78, 5) is 0. The molecule has 19 heavy (non-hydrogen) atoms. The van der Waals surface area contributed by atoms with Crippen LogP contribution in [0.1, 0.15) is 32.8 Å². The average molecular weight is 344 g/mol. The van der Waals surface area contributed by atoms with E-state index in [0.717, 1.165) is 18.9 Å². The second-order valence-electron chi connectivity index (χ2n) is 5.38. The molecule has 108 valence electrons. The van der Waals surface area contributed by atoms with Crippen molar-refractivity contribution in [1.29, 1.82) is 0 Å².